The summed E-state index contributed by atoms with van der Waals surface area (Å²) in [6.45, 7) is 0. The van der Waals surface area contributed by atoms with E-state index in [1.54, 1.807) is 24.3 Å². The minimum Gasteiger partial charge on any atom is -0.507 e. The molecule has 1 N–H and O–H groups in total. The average Bonchev–Trinajstić information content (AvgIpc) is 2.28. The number of aromatic hydroxyl groups is 1. The van der Waals surface area contributed by atoms with Crippen molar-refractivity contribution >= 4 is 10.8 Å². The molecule has 0 unspecified atom stereocenters. The molecule has 0 saturated heterocycles. The molecule has 0 spiro atoms. The molecule has 0 aliphatic heterocycles. The van der Waals surface area contributed by atoms with Gasteiger partial charge in [0.15, 0.2) is 0 Å². The Morgan fingerprint density at radius 1 is 1.00 bits per heavy atom. The quantitative estimate of drug-likeness (QED) is 0.699. The lowest BCUT2D eigenvalue weighted by Gasteiger charge is -2.02. The Balaban J connectivity index is 2.87. The lowest BCUT2D eigenvalue weighted by molar-refractivity contribution is 0.474. The summed E-state index contributed by atoms with van der Waals surface area (Å²) >= 11 is 0. The summed E-state index contributed by atoms with van der Waals surface area (Å²) in [5.74, 6) is -0.0327. The Morgan fingerprint density at radius 3 is 2.47 bits per heavy atom. The first-order valence-corrected chi connectivity index (χ1v) is 4.32. The van der Waals surface area contributed by atoms with Gasteiger partial charge >= 0.3 is 0 Å². The summed E-state index contributed by atoms with van der Waals surface area (Å²) in [5.41, 5.74) is 0.786. The summed E-state index contributed by atoms with van der Waals surface area (Å²) in [6, 6.07) is 12.1. The van der Waals surface area contributed by atoms with Crippen molar-refractivity contribution in [1.29, 1.82) is 10.5 Å². The second-order valence-corrected chi connectivity index (χ2v) is 3.12. The predicted molar refractivity (Wildman–Crippen MR) is 55.0 cm³/mol. The van der Waals surface area contributed by atoms with Crippen LogP contribution >= 0.6 is 0 Å². The monoisotopic (exact) mass is 194 g/mol. The molecule has 0 fully saturated rings. The first-order valence-electron chi connectivity index (χ1n) is 4.32. The molecule has 0 aliphatic rings. The number of rotatable bonds is 0. The largest absolute Gasteiger partial charge is 0.507 e. The van der Waals surface area contributed by atoms with Gasteiger partial charge in [0.1, 0.15) is 17.4 Å². The van der Waals surface area contributed by atoms with E-state index in [2.05, 4.69) is 0 Å². The van der Waals surface area contributed by atoms with Gasteiger partial charge in [-0.25, -0.2) is 0 Å². The Kier molecular flexibility index (Phi) is 2.00. The maximum atomic E-state index is 9.45. The van der Waals surface area contributed by atoms with E-state index in [1.807, 2.05) is 12.1 Å². The highest BCUT2D eigenvalue weighted by Crippen LogP contribution is 2.26. The zero-order valence-corrected chi connectivity index (χ0v) is 7.73. The highest BCUT2D eigenvalue weighted by Gasteiger charge is 2.06. The van der Waals surface area contributed by atoms with Crippen LogP contribution in [-0.2, 0) is 0 Å². The highest BCUT2D eigenvalue weighted by molar-refractivity contribution is 5.90. The van der Waals surface area contributed by atoms with Crippen molar-refractivity contribution < 1.29 is 5.11 Å². The maximum absolute atomic E-state index is 9.45. The van der Waals surface area contributed by atoms with Crippen LogP contribution in [0, 0.1) is 22.7 Å². The smallest absolute Gasteiger partial charge is 0.133 e. The highest BCUT2D eigenvalue weighted by atomic mass is 16.3. The molecule has 0 aliphatic carbocycles. The third-order valence-electron chi connectivity index (χ3n) is 2.24. The van der Waals surface area contributed by atoms with Crippen molar-refractivity contribution in [2.45, 2.75) is 0 Å². The maximum Gasteiger partial charge on any atom is 0.133 e. The number of nitriles is 2. The summed E-state index contributed by atoms with van der Waals surface area (Å²) in [4.78, 5) is 0. The lowest BCUT2D eigenvalue weighted by Crippen LogP contribution is -1.82. The molecule has 0 radical (unpaired) electrons. The molecule has 2 aromatic rings. The van der Waals surface area contributed by atoms with E-state index >= 15 is 0 Å². The molecule has 0 heterocycles. The topological polar surface area (TPSA) is 67.8 Å². The van der Waals surface area contributed by atoms with Crippen molar-refractivity contribution in [3.8, 4) is 17.9 Å². The van der Waals surface area contributed by atoms with Gasteiger partial charge in [0.2, 0.25) is 0 Å². The molecule has 2 rings (SSSR count). The summed E-state index contributed by atoms with van der Waals surface area (Å²) in [7, 11) is 0. The van der Waals surface area contributed by atoms with Crippen molar-refractivity contribution in [3.05, 3.63) is 41.5 Å². The Hall–Kier alpha value is -2.52. The third kappa shape index (κ3) is 1.37. The van der Waals surface area contributed by atoms with Crippen molar-refractivity contribution in [3.63, 3.8) is 0 Å². The Labute approximate surface area is 86.4 Å². The molecule has 0 saturated carbocycles. The summed E-state index contributed by atoms with van der Waals surface area (Å²) in [6.07, 6.45) is 0. The van der Waals surface area contributed by atoms with Gasteiger partial charge in [0, 0.05) is 5.39 Å². The van der Waals surface area contributed by atoms with E-state index in [1.165, 1.54) is 6.07 Å². The fourth-order valence-electron chi connectivity index (χ4n) is 1.51. The molecule has 15 heavy (non-hydrogen) atoms. The van der Waals surface area contributed by atoms with E-state index in [4.69, 9.17) is 10.5 Å². The van der Waals surface area contributed by atoms with Crippen LogP contribution in [0.15, 0.2) is 30.3 Å². The van der Waals surface area contributed by atoms with Crippen molar-refractivity contribution in [2.75, 3.05) is 0 Å². The van der Waals surface area contributed by atoms with Crippen LogP contribution in [-0.4, -0.2) is 5.11 Å². The molecule has 0 atom stereocenters. The molecular formula is C12H6N2O. The van der Waals surface area contributed by atoms with Gasteiger partial charge < -0.3 is 5.11 Å². The summed E-state index contributed by atoms with van der Waals surface area (Å²) in [5, 5.41) is 28.5. The average molecular weight is 194 g/mol. The van der Waals surface area contributed by atoms with E-state index < -0.39 is 0 Å². The molecule has 2 aromatic carbocycles. The number of fused-ring (bicyclic) bond motifs is 1. The molecule has 70 valence electrons. The van der Waals surface area contributed by atoms with E-state index in [9.17, 15) is 5.11 Å². The van der Waals surface area contributed by atoms with Gasteiger partial charge in [0.25, 0.3) is 0 Å². The molecule has 0 amide bonds. The van der Waals surface area contributed by atoms with Crippen molar-refractivity contribution in [2.24, 2.45) is 0 Å². The van der Waals surface area contributed by atoms with Gasteiger partial charge in [-0.15, -0.1) is 0 Å². The SMILES string of the molecule is N#Cc1ccc2c(C#N)c(O)ccc2c1. The van der Waals surface area contributed by atoms with Gasteiger partial charge in [-0.05, 0) is 23.6 Å². The molecule has 3 nitrogen and oxygen atoms in total. The first kappa shape index (κ1) is 9.05. The molecule has 0 bridgehead atoms. The predicted octanol–water partition coefficient (Wildman–Crippen LogP) is 2.29. The van der Waals surface area contributed by atoms with E-state index in [0.29, 0.717) is 10.9 Å². The van der Waals surface area contributed by atoms with E-state index in [0.717, 1.165) is 5.39 Å². The lowest BCUT2D eigenvalue weighted by atomic mass is 10.0. The third-order valence-corrected chi connectivity index (χ3v) is 2.24. The molecule has 0 aromatic heterocycles. The number of hydrogen-bond donors (Lipinski definition) is 1. The van der Waals surface area contributed by atoms with Crippen LogP contribution in [0.5, 0.6) is 5.75 Å². The van der Waals surface area contributed by atoms with Crippen LogP contribution in [0.25, 0.3) is 10.8 Å². The number of benzene rings is 2. The van der Waals surface area contributed by atoms with Crippen molar-refractivity contribution in [1.82, 2.24) is 0 Å². The fourth-order valence-corrected chi connectivity index (χ4v) is 1.51. The van der Waals surface area contributed by atoms with Crippen LogP contribution in [0.2, 0.25) is 0 Å². The van der Waals surface area contributed by atoms with E-state index in [-0.39, 0.29) is 11.3 Å². The van der Waals surface area contributed by atoms with Crippen LogP contribution in [0.1, 0.15) is 11.1 Å². The Morgan fingerprint density at radius 2 is 1.80 bits per heavy atom. The molecule has 3 heteroatoms. The zero-order chi connectivity index (χ0) is 10.8. The second-order valence-electron chi connectivity index (χ2n) is 3.12. The number of nitrogens with zero attached hydrogens (tertiary/aromatic N) is 2. The number of phenols is 1. The van der Waals surface area contributed by atoms with Gasteiger partial charge in [-0.1, -0.05) is 12.1 Å². The van der Waals surface area contributed by atoms with Gasteiger partial charge in [-0.2, -0.15) is 10.5 Å². The Bertz CT molecular complexity index is 618. The second kappa shape index (κ2) is 3.32. The standard InChI is InChI=1S/C12H6N2O/c13-6-8-1-3-10-9(5-8)2-4-12(15)11(10)7-14/h1-5,15H. The fraction of sp³-hybridized carbons (Fsp3) is 0. The summed E-state index contributed by atoms with van der Waals surface area (Å²) < 4.78 is 0. The normalized spacial score (nSPS) is 9.47. The van der Waals surface area contributed by atoms with Crippen LogP contribution < -0.4 is 0 Å². The minimum absolute atomic E-state index is 0.0327. The van der Waals surface area contributed by atoms with Gasteiger partial charge in [0.05, 0.1) is 11.6 Å². The minimum atomic E-state index is -0.0327. The first-order chi connectivity index (χ1) is 7.26. The van der Waals surface area contributed by atoms with Crippen LogP contribution in [0.3, 0.4) is 0 Å². The number of phenolic OH excluding ortho intramolecular Hbond substituents is 1. The zero-order valence-electron chi connectivity index (χ0n) is 7.73. The van der Waals surface area contributed by atoms with Crippen LogP contribution in [0.4, 0.5) is 0 Å². The van der Waals surface area contributed by atoms with Gasteiger partial charge in [-0.3, -0.25) is 0 Å². The molecular weight excluding hydrogens is 188 g/mol. The number of hydrogen-bond acceptors (Lipinski definition) is 3.